The molecule has 1 fully saturated rings. The molecule has 242 valence electrons. The summed E-state index contributed by atoms with van der Waals surface area (Å²) in [5.74, 6) is 1.01. The first-order valence-corrected chi connectivity index (χ1v) is 16.9. The fourth-order valence-electron chi connectivity index (χ4n) is 6.22. The van der Waals surface area contributed by atoms with Gasteiger partial charge in [0.15, 0.2) is 6.29 Å². The topological polar surface area (TPSA) is 85.3 Å². The number of hydrogen-bond acceptors (Lipinski definition) is 7. The number of thioether (sulfide) groups is 1. The number of imide groups is 1. The fraction of sp³-hybridized carbons (Fsp3) is 0.200. The van der Waals surface area contributed by atoms with Crippen molar-refractivity contribution >= 4 is 23.6 Å². The maximum atomic E-state index is 13.0. The van der Waals surface area contributed by atoms with Gasteiger partial charge in [0.25, 0.3) is 11.8 Å². The molecule has 8 heteroatoms. The number of rotatable bonds is 10. The van der Waals surface area contributed by atoms with E-state index >= 15 is 0 Å². The Kier molecular flexibility index (Phi) is 9.40. The molecule has 0 bridgehead atoms. The van der Waals surface area contributed by atoms with Gasteiger partial charge in [0.1, 0.15) is 5.75 Å². The van der Waals surface area contributed by atoms with Crippen LogP contribution in [0, 0.1) is 0 Å². The second-order valence-corrected chi connectivity index (χ2v) is 12.9. The monoisotopic (exact) mass is 657 g/mol. The Morgan fingerprint density at radius 1 is 0.750 bits per heavy atom. The summed E-state index contributed by atoms with van der Waals surface area (Å²) < 4.78 is 18.8. The Balaban J connectivity index is 1.12. The molecule has 3 atom stereocenters. The van der Waals surface area contributed by atoms with Gasteiger partial charge in [0.2, 0.25) is 0 Å². The maximum absolute atomic E-state index is 13.0. The molecule has 2 aliphatic rings. The molecule has 1 saturated heterocycles. The number of ether oxygens (including phenoxy) is 3. The normalized spacial score (nSPS) is 19.0. The predicted molar refractivity (Wildman–Crippen MR) is 185 cm³/mol. The van der Waals surface area contributed by atoms with E-state index in [9.17, 15) is 14.7 Å². The van der Waals surface area contributed by atoms with E-state index < -0.39 is 6.29 Å². The van der Waals surface area contributed by atoms with Crippen molar-refractivity contribution in [2.45, 2.75) is 43.0 Å². The minimum absolute atomic E-state index is 0.0119. The molecule has 7 rings (SSSR count). The molecule has 0 saturated carbocycles. The number of carbonyl (C=O) groups excluding carboxylic acids is 2. The number of carbonyl (C=O) groups is 2. The molecule has 0 aromatic heterocycles. The predicted octanol–water partition coefficient (Wildman–Crippen LogP) is 7.99. The van der Waals surface area contributed by atoms with Crippen molar-refractivity contribution in [3.8, 4) is 16.9 Å². The van der Waals surface area contributed by atoms with Gasteiger partial charge in [-0.2, -0.15) is 0 Å². The summed E-state index contributed by atoms with van der Waals surface area (Å²) in [5.41, 5.74) is 6.45. The molecule has 1 N–H and O–H groups in total. The largest absolute Gasteiger partial charge is 0.496 e. The molecule has 7 nitrogen and oxygen atoms in total. The van der Waals surface area contributed by atoms with E-state index in [1.165, 1.54) is 4.90 Å². The number of benzene rings is 5. The van der Waals surface area contributed by atoms with Crippen molar-refractivity contribution in [3.63, 3.8) is 0 Å². The van der Waals surface area contributed by atoms with Crippen LogP contribution in [0.3, 0.4) is 0 Å². The van der Waals surface area contributed by atoms with Gasteiger partial charge >= 0.3 is 0 Å². The van der Waals surface area contributed by atoms with Crippen LogP contribution in [-0.2, 0) is 22.6 Å². The molecule has 0 spiro atoms. The van der Waals surface area contributed by atoms with Crippen LogP contribution in [0.4, 0.5) is 0 Å². The van der Waals surface area contributed by atoms with Crippen LogP contribution in [0.15, 0.2) is 126 Å². The van der Waals surface area contributed by atoms with E-state index in [-0.39, 0.29) is 37.2 Å². The number of hydrogen-bond donors (Lipinski definition) is 1. The van der Waals surface area contributed by atoms with Gasteiger partial charge in [-0.15, -0.1) is 11.8 Å². The molecule has 48 heavy (non-hydrogen) atoms. The van der Waals surface area contributed by atoms with E-state index in [0.29, 0.717) is 23.3 Å². The summed E-state index contributed by atoms with van der Waals surface area (Å²) in [7, 11) is 1.68. The number of amides is 2. The quantitative estimate of drug-likeness (QED) is 0.120. The molecule has 2 aliphatic heterocycles. The molecular weight excluding hydrogens is 623 g/mol. The van der Waals surface area contributed by atoms with Crippen LogP contribution >= 0.6 is 11.8 Å². The van der Waals surface area contributed by atoms with Crippen molar-refractivity contribution in [1.82, 2.24) is 4.90 Å². The lowest BCUT2D eigenvalue weighted by molar-refractivity contribution is -0.245. The first kappa shape index (κ1) is 31.8. The van der Waals surface area contributed by atoms with Crippen LogP contribution in [0.25, 0.3) is 11.1 Å². The van der Waals surface area contributed by atoms with E-state index in [1.807, 2.05) is 84.9 Å². The number of methoxy groups -OCH3 is 1. The summed E-state index contributed by atoms with van der Waals surface area (Å²) in [5, 5.41) is 9.56. The zero-order chi connectivity index (χ0) is 33.0. The zero-order valence-electron chi connectivity index (χ0n) is 26.5. The number of nitrogens with zero attached hydrogens (tertiary/aromatic N) is 1. The van der Waals surface area contributed by atoms with Crippen LogP contribution in [-0.4, -0.2) is 40.8 Å². The van der Waals surface area contributed by atoms with Gasteiger partial charge in [-0.1, -0.05) is 84.9 Å². The molecule has 0 aliphatic carbocycles. The Morgan fingerprint density at radius 3 is 2.17 bits per heavy atom. The highest BCUT2D eigenvalue weighted by molar-refractivity contribution is 7.99. The summed E-state index contributed by atoms with van der Waals surface area (Å²) in [6.07, 6.45) is -0.235. The van der Waals surface area contributed by atoms with Crippen molar-refractivity contribution in [2.75, 3.05) is 12.9 Å². The third-order valence-corrected chi connectivity index (χ3v) is 9.93. The van der Waals surface area contributed by atoms with Crippen LogP contribution < -0.4 is 4.74 Å². The number of aliphatic hydroxyl groups excluding tert-OH is 1. The highest BCUT2D eigenvalue weighted by atomic mass is 32.2. The first-order valence-electron chi connectivity index (χ1n) is 15.9. The molecule has 2 heterocycles. The molecule has 5 aromatic carbocycles. The summed E-state index contributed by atoms with van der Waals surface area (Å²) in [4.78, 5) is 28.3. The van der Waals surface area contributed by atoms with E-state index in [1.54, 1.807) is 43.1 Å². The lowest BCUT2D eigenvalue weighted by Gasteiger charge is -2.36. The zero-order valence-corrected chi connectivity index (χ0v) is 27.3. The lowest BCUT2D eigenvalue weighted by atomic mass is 9.99. The van der Waals surface area contributed by atoms with E-state index in [2.05, 4.69) is 12.1 Å². The van der Waals surface area contributed by atoms with Crippen LogP contribution in [0.5, 0.6) is 5.75 Å². The van der Waals surface area contributed by atoms with Crippen molar-refractivity contribution < 1.29 is 28.9 Å². The fourth-order valence-corrected chi connectivity index (χ4v) is 7.27. The third-order valence-electron chi connectivity index (χ3n) is 8.75. The summed E-state index contributed by atoms with van der Waals surface area (Å²) in [6.45, 7) is 0.180. The van der Waals surface area contributed by atoms with Crippen molar-refractivity contribution in [3.05, 3.63) is 155 Å². The van der Waals surface area contributed by atoms with Gasteiger partial charge in [0.05, 0.1) is 43.6 Å². The summed E-state index contributed by atoms with van der Waals surface area (Å²) in [6, 6.07) is 38.8. The SMILES string of the molecule is COc1ccccc1SC[C@@H]1C[C@H](c2ccc(CO)cc2)O[C@H](c2cccc(-c3cccc(CN4C(=O)c5ccccc5C4=O)c3)c2)O1. The Hall–Kier alpha value is -4.73. The van der Waals surface area contributed by atoms with Crippen LogP contribution in [0.1, 0.15) is 61.8 Å². The van der Waals surface area contributed by atoms with Gasteiger partial charge < -0.3 is 19.3 Å². The van der Waals surface area contributed by atoms with E-state index in [0.717, 1.165) is 44.0 Å². The molecular formula is C40H35NO6S. The average Bonchev–Trinajstić information content (AvgIpc) is 3.38. The number of para-hydroxylation sites is 1. The average molecular weight is 658 g/mol. The van der Waals surface area contributed by atoms with Gasteiger partial charge in [-0.25, -0.2) is 0 Å². The second kappa shape index (κ2) is 14.2. The van der Waals surface area contributed by atoms with Gasteiger partial charge in [-0.05, 0) is 64.2 Å². The van der Waals surface area contributed by atoms with Crippen molar-refractivity contribution in [2.24, 2.45) is 0 Å². The smallest absolute Gasteiger partial charge is 0.261 e. The second-order valence-electron chi connectivity index (χ2n) is 11.9. The first-order chi connectivity index (χ1) is 23.5. The van der Waals surface area contributed by atoms with Gasteiger partial charge in [-0.3, -0.25) is 14.5 Å². The Labute approximate surface area is 284 Å². The highest BCUT2D eigenvalue weighted by Gasteiger charge is 2.35. The van der Waals surface area contributed by atoms with Crippen LogP contribution in [0.2, 0.25) is 0 Å². The molecule has 5 aromatic rings. The minimum Gasteiger partial charge on any atom is -0.496 e. The standard InChI is InChI=1S/C40H35NO6S/c1-45-35-14-4-5-15-37(35)48-25-32-22-36(28-18-16-26(24-42)17-19-28)47-40(46-32)31-11-7-10-30(21-31)29-9-6-8-27(20-29)23-41-38(43)33-12-2-3-13-34(33)39(41)44/h2-21,32,36,40,42H,22-25H2,1H3/t32-,36+,40+/m0/s1. The Morgan fingerprint density at radius 2 is 1.44 bits per heavy atom. The van der Waals surface area contributed by atoms with Gasteiger partial charge in [0, 0.05) is 22.6 Å². The molecule has 0 unspecified atom stereocenters. The summed E-state index contributed by atoms with van der Waals surface area (Å²) >= 11 is 1.70. The van der Waals surface area contributed by atoms with E-state index in [4.69, 9.17) is 14.2 Å². The molecule has 2 amide bonds. The lowest BCUT2D eigenvalue weighted by Crippen LogP contribution is -2.31. The number of fused-ring (bicyclic) bond motifs is 1. The Bertz CT molecular complexity index is 1910. The maximum Gasteiger partial charge on any atom is 0.261 e. The third kappa shape index (κ3) is 6.66. The minimum atomic E-state index is -0.606. The van der Waals surface area contributed by atoms with Crippen molar-refractivity contribution in [1.29, 1.82) is 0 Å². The highest BCUT2D eigenvalue weighted by Crippen LogP contribution is 2.41. The molecule has 0 radical (unpaired) electrons. The number of aliphatic hydroxyl groups is 1.